The second-order valence-corrected chi connectivity index (χ2v) is 9.39. The number of benzene rings is 1. The zero-order chi connectivity index (χ0) is 22.5. The Balaban J connectivity index is 1.50. The van der Waals surface area contributed by atoms with Gasteiger partial charge in [-0.25, -0.2) is 0 Å². The summed E-state index contributed by atoms with van der Waals surface area (Å²) >= 11 is 3.02. The Labute approximate surface area is 194 Å². The van der Waals surface area contributed by atoms with Crippen LogP contribution in [0.4, 0.5) is 5.69 Å². The molecule has 1 aliphatic heterocycles. The molecule has 3 aromatic rings. The second kappa shape index (κ2) is 10.3. The fourth-order valence-corrected chi connectivity index (χ4v) is 5.13. The number of amides is 2. The number of primary amides is 1. The van der Waals surface area contributed by atoms with E-state index in [2.05, 4.69) is 33.9 Å². The van der Waals surface area contributed by atoms with Crippen molar-refractivity contribution in [3.05, 3.63) is 46.2 Å². The lowest BCUT2D eigenvalue weighted by atomic mass is 10.1. The summed E-state index contributed by atoms with van der Waals surface area (Å²) in [4.78, 5) is 25.4. The van der Waals surface area contributed by atoms with Crippen molar-refractivity contribution >= 4 is 40.6 Å². The molecule has 0 saturated carbocycles. The van der Waals surface area contributed by atoms with Crippen molar-refractivity contribution in [3.63, 3.8) is 0 Å². The van der Waals surface area contributed by atoms with Crippen LogP contribution < -0.4 is 11.1 Å². The Bertz CT molecular complexity index is 1100. The lowest BCUT2D eigenvalue weighted by Crippen LogP contribution is -2.20. The van der Waals surface area contributed by atoms with Crippen molar-refractivity contribution in [2.75, 3.05) is 17.7 Å². The molecule has 1 aliphatic rings. The van der Waals surface area contributed by atoms with Gasteiger partial charge in [0.2, 0.25) is 5.91 Å². The maximum absolute atomic E-state index is 12.6. The minimum absolute atomic E-state index is 0.115. The summed E-state index contributed by atoms with van der Waals surface area (Å²) < 4.78 is 7.88. The van der Waals surface area contributed by atoms with Crippen molar-refractivity contribution in [2.24, 2.45) is 5.73 Å². The molecule has 1 unspecified atom stereocenters. The molecule has 2 amide bonds. The number of aromatic nitrogens is 3. The molecule has 0 bridgehead atoms. The molecule has 32 heavy (non-hydrogen) atoms. The molecular weight excluding hydrogens is 446 g/mol. The van der Waals surface area contributed by atoms with Crippen molar-refractivity contribution in [1.29, 1.82) is 0 Å². The van der Waals surface area contributed by atoms with Gasteiger partial charge in [0, 0.05) is 22.4 Å². The van der Waals surface area contributed by atoms with Gasteiger partial charge >= 0.3 is 0 Å². The van der Waals surface area contributed by atoms with Crippen molar-refractivity contribution in [2.45, 2.75) is 44.0 Å². The Hall–Kier alpha value is -2.69. The molecule has 3 N–H and O–H groups in total. The first-order valence-electron chi connectivity index (χ1n) is 10.5. The topological polar surface area (TPSA) is 112 Å². The molecule has 1 fully saturated rings. The van der Waals surface area contributed by atoms with Crippen LogP contribution in [0.1, 0.15) is 35.0 Å². The van der Waals surface area contributed by atoms with Crippen molar-refractivity contribution < 1.29 is 14.3 Å². The highest BCUT2D eigenvalue weighted by Gasteiger charge is 2.23. The molecular formula is C22H25N5O3S2. The number of carbonyl (C=O) groups is 2. The van der Waals surface area contributed by atoms with Crippen molar-refractivity contribution in [3.8, 4) is 11.4 Å². The van der Waals surface area contributed by atoms with Gasteiger partial charge in [0.1, 0.15) is 0 Å². The third-order valence-electron chi connectivity index (χ3n) is 5.19. The largest absolute Gasteiger partial charge is 0.376 e. The summed E-state index contributed by atoms with van der Waals surface area (Å²) in [5, 5.41) is 14.3. The molecule has 4 rings (SSSR count). The van der Waals surface area contributed by atoms with Gasteiger partial charge in [-0.3, -0.25) is 14.2 Å². The van der Waals surface area contributed by atoms with Crippen LogP contribution in [-0.2, 0) is 22.5 Å². The molecule has 3 heterocycles. The first kappa shape index (κ1) is 22.5. The maximum atomic E-state index is 12.6. The SMILES string of the molecule is CCc1cc(-c2nnc(SCC(=O)Nc3ccccc3C(N)=O)n2CC2CCCO2)cs1. The lowest BCUT2D eigenvalue weighted by molar-refractivity contribution is -0.113. The number of para-hydroxylation sites is 1. The number of nitrogens with two attached hydrogens (primary N) is 1. The number of carbonyl (C=O) groups excluding carboxylic acids is 2. The van der Waals surface area contributed by atoms with E-state index >= 15 is 0 Å². The van der Waals surface area contributed by atoms with Crippen molar-refractivity contribution in [1.82, 2.24) is 14.8 Å². The summed E-state index contributed by atoms with van der Waals surface area (Å²) in [7, 11) is 0. The number of aryl methyl sites for hydroxylation is 1. The van der Waals surface area contributed by atoms with Crippen LogP contribution in [0.3, 0.4) is 0 Å². The molecule has 0 aliphatic carbocycles. The standard InChI is InChI=1S/C22H25N5O3S2/c1-2-16-10-14(12-31-16)21-25-26-22(27(21)11-15-6-5-9-30-15)32-13-19(28)24-18-8-4-3-7-17(18)20(23)29/h3-4,7-8,10,12,15H,2,5-6,9,11,13H2,1H3,(H2,23,29)(H,24,28). The quantitative estimate of drug-likeness (QED) is 0.461. The van der Waals surface area contributed by atoms with Gasteiger partial charge in [-0.1, -0.05) is 30.8 Å². The number of thioether (sulfide) groups is 1. The van der Waals surface area contributed by atoms with E-state index in [1.807, 2.05) is 4.57 Å². The van der Waals surface area contributed by atoms with Gasteiger partial charge in [0.15, 0.2) is 11.0 Å². The summed E-state index contributed by atoms with van der Waals surface area (Å²) in [6.07, 6.45) is 3.13. The first-order valence-corrected chi connectivity index (χ1v) is 12.4. The highest BCUT2D eigenvalue weighted by atomic mass is 32.2. The lowest BCUT2D eigenvalue weighted by Gasteiger charge is -2.14. The maximum Gasteiger partial charge on any atom is 0.250 e. The average molecular weight is 472 g/mol. The molecule has 8 nitrogen and oxygen atoms in total. The molecule has 2 aromatic heterocycles. The number of ether oxygens (including phenoxy) is 1. The number of hydrogen-bond acceptors (Lipinski definition) is 7. The molecule has 1 saturated heterocycles. The number of nitrogens with zero attached hydrogens (tertiary/aromatic N) is 3. The molecule has 1 aromatic carbocycles. The highest BCUT2D eigenvalue weighted by Crippen LogP contribution is 2.30. The zero-order valence-corrected chi connectivity index (χ0v) is 19.4. The zero-order valence-electron chi connectivity index (χ0n) is 17.7. The minimum Gasteiger partial charge on any atom is -0.376 e. The van der Waals surface area contributed by atoms with Gasteiger partial charge in [-0.2, -0.15) is 0 Å². The van der Waals surface area contributed by atoms with E-state index in [1.54, 1.807) is 35.6 Å². The summed E-state index contributed by atoms with van der Waals surface area (Å²) in [6, 6.07) is 8.82. The van der Waals surface area contributed by atoms with Crippen LogP contribution in [0.5, 0.6) is 0 Å². The summed E-state index contributed by atoms with van der Waals surface area (Å²) in [5.74, 6) is 0.0801. The number of anilines is 1. The monoisotopic (exact) mass is 471 g/mol. The number of hydrogen-bond donors (Lipinski definition) is 2. The first-order chi connectivity index (χ1) is 15.5. The predicted molar refractivity (Wildman–Crippen MR) is 126 cm³/mol. The summed E-state index contributed by atoms with van der Waals surface area (Å²) in [6.45, 7) is 3.54. The van der Waals surface area contributed by atoms with Crippen LogP contribution in [0.25, 0.3) is 11.4 Å². The Morgan fingerprint density at radius 2 is 2.19 bits per heavy atom. The van der Waals surface area contributed by atoms with Crippen LogP contribution in [-0.4, -0.2) is 45.0 Å². The number of nitrogens with one attached hydrogen (secondary N) is 1. The van der Waals surface area contributed by atoms with Gasteiger partial charge in [0.05, 0.1) is 29.7 Å². The molecule has 0 radical (unpaired) electrons. The van der Waals surface area contributed by atoms with E-state index in [9.17, 15) is 9.59 Å². The predicted octanol–water partition coefficient (Wildman–Crippen LogP) is 3.58. The van der Waals surface area contributed by atoms with Gasteiger partial charge in [-0.05, 0) is 37.5 Å². The highest BCUT2D eigenvalue weighted by molar-refractivity contribution is 7.99. The molecule has 10 heteroatoms. The van der Waals surface area contributed by atoms with Gasteiger partial charge in [0.25, 0.3) is 5.91 Å². The normalized spacial score (nSPS) is 15.7. The number of rotatable bonds is 9. The van der Waals surface area contributed by atoms with E-state index in [4.69, 9.17) is 10.5 Å². The van der Waals surface area contributed by atoms with E-state index in [-0.39, 0.29) is 23.3 Å². The van der Waals surface area contributed by atoms with Crippen LogP contribution >= 0.6 is 23.1 Å². The molecule has 1 atom stereocenters. The smallest absolute Gasteiger partial charge is 0.250 e. The van der Waals surface area contributed by atoms with E-state index in [0.717, 1.165) is 37.3 Å². The fraction of sp³-hybridized carbons (Fsp3) is 0.364. The minimum atomic E-state index is -0.586. The summed E-state index contributed by atoms with van der Waals surface area (Å²) in [5.41, 5.74) is 7.10. The second-order valence-electron chi connectivity index (χ2n) is 7.45. The molecule has 168 valence electrons. The van der Waals surface area contributed by atoms with Crippen LogP contribution in [0, 0.1) is 0 Å². The van der Waals surface area contributed by atoms with E-state index in [0.29, 0.717) is 17.4 Å². The van der Waals surface area contributed by atoms with E-state index < -0.39 is 5.91 Å². The molecule has 0 spiro atoms. The third-order valence-corrected chi connectivity index (χ3v) is 7.23. The van der Waals surface area contributed by atoms with E-state index in [1.165, 1.54) is 16.6 Å². The Morgan fingerprint density at radius 3 is 2.91 bits per heavy atom. The fourth-order valence-electron chi connectivity index (χ4n) is 3.57. The number of thiophene rings is 1. The Morgan fingerprint density at radius 1 is 1.34 bits per heavy atom. The van der Waals surface area contributed by atoms with Crippen LogP contribution in [0.2, 0.25) is 0 Å². The third kappa shape index (κ3) is 5.20. The van der Waals surface area contributed by atoms with Gasteiger partial charge < -0.3 is 15.8 Å². The Kier molecular flexibility index (Phi) is 7.23. The van der Waals surface area contributed by atoms with Gasteiger partial charge in [-0.15, -0.1) is 21.5 Å². The average Bonchev–Trinajstić information content (AvgIpc) is 3.54. The van der Waals surface area contributed by atoms with Crippen LogP contribution in [0.15, 0.2) is 40.9 Å².